The third-order valence-electron chi connectivity index (χ3n) is 2.40. The lowest BCUT2D eigenvalue weighted by Gasteiger charge is -1.94. The van der Waals surface area contributed by atoms with E-state index in [0.29, 0.717) is 0 Å². The van der Waals surface area contributed by atoms with Crippen molar-refractivity contribution in [3.63, 3.8) is 0 Å². The molecule has 2 aromatic rings. The van der Waals surface area contributed by atoms with Gasteiger partial charge in [-0.25, -0.2) is 8.78 Å². The molecule has 0 unspecified atom stereocenters. The van der Waals surface area contributed by atoms with Crippen LogP contribution < -0.4 is 5.73 Å². The number of aryl methyl sites for hydroxylation is 2. The standard InChI is InChI=1S/C8H6FN.C7H8FN/c1-6-2-3-7(5-10)8(9)4-6;1-5-2-3-7(9)6(8)4-5/h2-4H,1H3;2-4H,9H2,1H3. The minimum atomic E-state index is -0.442. The number of hydrogen-bond donors (Lipinski definition) is 1. The molecular weight excluding hydrogens is 246 g/mol. The van der Waals surface area contributed by atoms with Gasteiger partial charge in [-0.3, -0.25) is 0 Å². The number of benzene rings is 2. The molecule has 0 atom stereocenters. The number of anilines is 1. The number of halogens is 2. The van der Waals surface area contributed by atoms with Crippen LogP contribution in [0.5, 0.6) is 0 Å². The van der Waals surface area contributed by atoms with Gasteiger partial charge in [-0.15, -0.1) is 0 Å². The summed E-state index contributed by atoms with van der Waals surface area (Å²) in [6, 6.07) is 11.0. The van der Waals surface area contributed by atoms with Gasteiger partial charge in [0.25, 0.3) is 0 Å². The zero-order valence-electron chi connectivity index (χ0n) is 10.7. The summed E-state index contributed by atoms with van der Waals surface area (Å²) in [5, 5.41) is 8.32. The first-order chi connectivity index (χ1) is 8.93. The molecule has 98 valence electrons. The van der Waals surface area contributed by atoms with Crippen molar-refractivity contribution >= 4 is 5.69 Å². The molecule has 0 aliphatic rings. The van der Waals surface area contributed by atoms with Gasteiger partial charge in [0.2, 0.25) is 0 Å². The molecule has 0 amide bonds. The van der Waals surface area contributed by atoms with E-state index in [2.05, 4.69) is 0 Å². The normalized spacial score (nSPS) is 9.21. The molecule has 2 rings (SSSR count). The van der Waals surface area contributed by atoms with E-state index in [1.54, 1.807) is 31.2 Å². The first kappa shape index (κ1) is 14.7. The molecule has 2 aromatic carbocycles. The number of nitrogens with zero attached hydrogens (tertiary/aromatic N) is 1. The van der Waals surface area contributed by atoms with Crippen LogP contribution in [0.25, 0.3) is 0 Å². The minimum Gasteiger partial charge on any atom is -0.396 e. The highest BCUT2D eigenvalue weighted by molar-refractivity contribution is 5.40. The summed E-state index contributed by atoms with van der Waals surface area (Å²) in [6.45, 7) is 3.60. The van der Waals surface area contributed by atoms with E-state index in [1.165, 1.54) is 18.2 Å². The average Bonchev–Trinajstić information content (AvgIpc) is 2.35. The van der Waals surface area contributed by atoms with Crippen LogP contribution in [0.1, 0.15) is 16.7 Å². The zero-order chi connectivity index (χ0) is 14.4. The highest BCUT2D eigenvalue weighted by atomic mass is 19.1. The minimum absolute atomic E-state index is 0.102. The Kier molecular flexibility index (Phi) is 5.01. The number of nitrogens with two attached hydrogens (primary N) is 1. The second-order valence-corrected chi connectivity index (χ2v) is 4.12. The summed E-state index contributed by atoms with van der Waals surface area (Å²) in [6.07, 6.45) is 0. The molecule has 2 N–H and O–H groups in total. The highest BCUT2D eigenvalue weighted by Crippen LogP contribution is 2.10. The van der Waals surface area contributed by atoms with Gasteiger partial charge >= 0.3 is 0 Å². The van der Waals surface area contributed by atoms with Gasteiger partial charge in [0.1, 0.15) is 17.7 Å². The number of rotatable bonds is 0. The fraction of sp³-hybridized carbons (Fsp3) is 0.133. The van der Waals surface area contributed by atoms with Gasteiger partial charge in [0, 0.05) is 0 Å². The van der Waals surface area contributed by atoms with E-state index in [4.69, 9.17) is 11.0 Å². The molecule has 0 aliphatic carbocycles. The molecular formula is C15H14F2N2. The Morgan fingerprint density at radius 2 is 1.47 bits per heavy atom. The largest absolute Gasteiger partial charge is 0.396 e. The Balaban J connectivity index is 0.000000191. The van der Waals surface area contributed by atoms with Crippen molar-refractivity contribution in [1.29, 1.82) is 5.26 Å². The number of hydrogen-bond acceptors (Lipinski definition) is 2. The summed E-state index contributed by atoms with van der Waals surface area (Å²) in [5.74, 6) is -0.780. The smallest absolute Gasteiger partial charge is 0.146 e. The van der Waals surface area contributed by atoms with Crippen LogP contribution in [-0.2, 0) is 0 Å². The van der Waals surface area contributed by atoms with Crippen LogP contribution in [-0.4, -0.2) is 0 Å². The SMILES string of the molecule is Cc1ccc(C#N)c(F)c1.Cc1ccc(N)c(F)c1. The van der Waals surface area contributed by atoms with Gasteiger partial charge < -0.3 is 5.73 Å². The van der Waals surface area contributed by atoms with Crippen molar-refractivity contribution in [3.05, 3.63) is 64.7 Å². The topological polar surface area (TPSA) is 49.8 Å². The fourth-order valence-electron chi connectivity index (χ4n) is 1.34. The number of nitrogen functional groups attached to an aromatic ring is 1. The van der Waals surface area contributed by atoms with Gasteiger partial charge in [-0.1, -0.05) is 12.1 Å². The maximum absolute atomic E-state index is 12.6. The Morgan fingerprint density at radius 1 is 0.947 bits per heavy atom. The lowest BCUT2D eigenvalue weighted by Crippen LogP contribution is -1.89. The van der Waals surface area contributed by atoms with E-state index in [0.717, 1.165) is 11.1 Å². The van der Waals surface area contributed by atoms with Gasteiger partial charge in [0.05, 0.1) is 11.3 Å². The lowest BCUT2D eigenvalue weighted by molar-refractivity contribution is 0.622. The van der Waals surface area contributed by atoms with Gasteiger partial charge in [-0.05, 0) is 49.2 Å². The summed E-state index contributed by atoms with van der Waals surface area (Å²) < 4.78 is 25.1. The van der Waals surface area contributed by atoms with Crippen LogP contribution in [0.3, 0.4) is 0 Å². The predicted octanol–water partition coefficient (Wildman–Crippen LogP) is 3.72. The summed E-state index contributed by atoms with van der Waals surface area (Å²) in [4.78, 5) is 0. The third kappa shape index (κ3) is 4.40. The Hall–Kier alpha value is -2.41. The molecule has 0 radical (unpaired) electrons. The van der Waals surface area contributed by atoms with Crippen LogP contribution >= 0.6 is 0 Å². The van der Waals surface area contributed by atoms with Crippen LogP contribution in [0.15, 0.2) is 36.4 Å². The van der Waals surface area contributed by atoms with E-state index in [9.17, 15) is 8.78 Å². The van der Waals surface area contributed by atoms with Crippen LogP contribution in [0.2, 0.25) is 0 Å². The molecule has 19 heavy (non-hydrogen) atoms. The third-order valence-corrected chi connectivity index (χ3v) is 2.40. The molecule has 0 saturated heterocycles. The van der Waals surface area contributed by atoms with E-state index >= 15 is 0 Å². The molecule has 0 spiro atoms. The highest BCUT2D eigenvalue weighted by Gasteiger charge is 1.98. The Morgan fingerprint density at radius 3 is 1.89 bits per heavy atom. The first-order valence-electron chi connectivity index (χ1n) is 5.62. The average molecular weight is 260 g/mol. The van der Waals surface area contributed by atoms with Crippen LogP contribution in [0, 0.1) is 36.8 Å². The second-order valence-electron chi connectivity index (χ2n) is 4.12. The van der Waals surface area contributed by atoms with Gasteiger partial charge in [-0.2, -0.15) is 5.26 Å². The van der Waals surface area contributed by atoms with Crippen molar-refractivity contribution in [2.45, 2.75) is 13.8 Å². The molecule has 4 heteroatoms. The predicted molar refractivity (Wildman–Crippen MR) is 71.4 cm³/mol. The Bertz CT molecular complexity index is 616. The van der Waals surface area contributed by atoms with Crippen molar-refractivity contribution in [1.82, 2.24) is 0 Å². The summed E-state index contributed by atoms with van der Waals surface area (Å²) >= 11 is 0. The Labute approximate surface area is 111 Å². The molecule has 0 bridgehead atoms. The molecule has 0 heterocycles. The zero-order valence-corrected chi connectivity index (χ0v) is 10.7. The van der Waals surface area contributed by atoms with Crippen molar-refractivity contribution < 1.29 is 8.78 Å². The van der Waals surface area contributed by atoms with Crippen molar-refractivity contribution in [2.24, 2.45) is 0 Å². The molecule has 0 aromatic heterocycles. The quantitative estimate of drug-likeness (QED) is 0.734. The van der Waals surface area contributed by atoms with E-state index in [1.807, 2.05) is 6.92 Å². The monoisotopic (exact) mass is 260 g/mol. The molecule has 0 saturated carbocycles. The molecule has 0 fully saturated rings. The van der Waals surface area contributed by atoms with Crippen LogP contribution in [0.4, 0.5) is 14.5 Å². The number of nitriles is 1. The van der Waals surface area contributed by atoms with Crippen molar-refractivity contribution in [2.75, 3.05) is 5.73 Å². The summed E-state index contributed by atoms with van der Waals surface area (Å²) in [7, 11) is 0. The maximum atomic E-state index is 12.6. The second kappa shape index (κ2) is 6.50. The van der Waals surface area contributed by atoms with E-state index in [-0.39, 0.29) is 17.1 Å². The first-order valence-corrected chi connectivity index (χ1v) is 5.62. The maximum Gasteiger partial charge on any atom is 0.146 e. The molecule has 0 aliphatic heterocycles. The summed E-state index contributed by atoms with van der Waals surface area (Å²) in [5.41, 5.74) is 7.25. The van der Waals surface area contributed by atoms with Gasteiger partial charge in [0.15, 0.2) is 0 Å². The van der Waals surface area contributed by atoms with E-state index < -0.39 is 5.82 Å². The molecule has 2 nitrogen and oxygen atoms in total. The van der Waals surface area contributed by atoms with Crippen molar-refractivity contribution in [3.8, 4) is 6.07 Å². The fourth-order valence-corrected chi connectivity index (χ4v) is 1.34. The lowest BCUT2D eigenvalue weighted by atomic mass is 10.1.